The van der Waals surface area contributed by atoms with Gasteiger partial charge in [-0.05, 0) is 30.3 Å². The van der Waals surface area contributed by atoms with E-state index in [1.165, 1.54) is 17.9 Å². The monoisotopic (exact) mass is 241 g/mol. The van der Waals surface area contributed by atoms with Crippen LogP contribution in [0.25, 0.3) is 0 Å². The number of rotatable bonds is 5. The van der Waals surface area contributed by atoms with Crippen molar-refractivity contribution >= 4 is 11.8 Å². The fourth-order valence-electron chi connectivity index (χ4n) is 2.17. The number of thioether (sulfide) groups is 1. The lowest BCUT2D eigenvalue weighted by atomic mass is 9.97. The van der Waals surface area contributed by atoms with E-state index in [1.54, 1.807) is 0 Å². The summed E-state index contributed by atoms with van der Waals surface area (Å²) in [5, 5.41) is 8.10. The Morgan fingerprint density at radius 3 is 3.25 bits per heavy atom. The molecule has 1 aromatic heterocycles. The highest BCUT2D eigenvalue weighted by Crippen LogP contribution is 2.33. The van der Waals surface area contributed by atoms with E-state index < -0.39 is 0 Å². The Labute approximate surface area is 100 Å². The predicted octanol–water partition coefficient (Wildman–Crippen LogP) is 0.946. The van der Waals surface area contributed by atoms with Crippen LogP contribution in [0.15, 0.2) is 6.20 Å². The predicted molar refractivity (Wildman–Crippen MR) is 65.8 cm³/mol. The zero-order chi connectivity index (χ0) is 11.4. The lowest BCUT2D eigenvalue weighted by Crippen LogP contribution is -2.35. The Kier molecular flexibility index (Phi) is 4.20. The SMILES string of the molecule is CCCn1nncc1C(NN)C1CCSC1. The zero-order valence-electron chi connectivity index (χ0n) is 9.59. The summed E-state index contributed by atoms with van der Waals surface area (Å²) >= 11 is 2.00. The van der Waals surface area contributed by atoms with Crippen LogP contribution in [0.5, 0.6) is 0 Å². The van der Waals surface area contributed by atoms with Gasteiger partial charge in [0, 0.05) is 6.54 Å². The summed E-state index contributed by atoms with van der Waals surface area (Å²) in [6.45, 7) is 3.05. The van der Waals surface area contributed by atoms with Gasteiger partial charge < -0.3 is 0 Å². The van der Waals surface area contributed by atoms with E-state index in [-0.39, 0.29) is 6.04 Å². The van der Waals surface area contributed by atoms with Crippen LogP contribution >= 0.6 is 11.8 Å². The van der Waals surface area contributed by atoms with Gasteiger partial charge in [0.05, 0.1) is 17.9 Å². The van der Waals surface area contributed by atoms with Gasteiger partial charge in [-0.25, -0.2) is 4.68 Å². The minimum absolute atomic E-state index is 0.191. The summed E-state index contributed by atoms with van der Waals surface area (Å²) in [6.07, 6.45) is 4.12. The molecule has 0 aromatic carbocycles. The van der Waals surface area contributed by atoms with Crippen LogP contribution in [0.2, 0.25) is 0 Å². The van der Waals surface area contributed by atoms with E-state index >= 15 is 0 Å². The smallest absolute Gasteiger partial charge is 0.0773 e. The van der Waals surface area contributed by atoms with Crippen LogP contribution in [0.3, 0.4) is 0 Å². The Bertz CT molecular complexity index is 321. The van der Waals surface area contributed by atoms with Crippen molar-refractivity contribution in [1.82, 2.24) is 20.4 Å². The first kappa shape index (κ1) is 11.9. The summed E-state index contributed by atoms with van der Waals surface area (Å²) in [4.78, 5) is 0. The van der Waals surface area contributed by atoms with Crippen molar-refractivity contribution in [3.63, 3.8) is 0 Å². The van der Waals surface area contributed by atoms with Gasteiger partial charge in [-0.3, -0.25) is 11.3 Å². The van der Waals surface area contributed by atoms with Crippen LogP contribution in [-0.4, -0.2) is 26.5 Å². The molecule has 2 atom stereocenters. The number of aryl methyl sites for hydroxylation is 1. The standard InChI is InChI=1S/C10H19N5S/c1-2-4-15-9(6-12-14-15)10(13-11)8-3-5-16-7-8/h6,8,10,13H,2-5,7,11H2,1H3. The van der Waals surface area contributed by atoms with Gasteiger partial charge >= 0.3 is 0 Å². The highest BCUT2D eigenvalue weighted by Gasteiger charge is 2.28. The van der Waals surface area contributed by atoms with Crippen LogP contribution in [0, 0.1) is 5.92 Å². The third-order valence-electron chi connectivity index (χ3n) is 3.02. The van der Waals surface area contributed by atoms with Gasteiger partial charge in [0.15, 0.2) is 0 Å². The van der Waals surface area contributed by atoms with E-state index in [9.17, 15) is 0 Å². The zero-order valence-corrected chi connectivity index (χ0v) is 10.4. The maximum absolute atomic E-state index is 5.68. The van der Waals surface area contributed by atoms with Gasteiger partial charge in [-0.1, -0.05) is 12.1 Å². The highest BCUT2D eigenvalue weighted by atomic mass is 32.2. The van der Waals surface area contributed by atoms with E-state index in [2.05, 4.69) is 22.7 Å². The molecule has 0 spiro atoms. The molecular formula is C10H19N5S. The normalized spacial score (nSPS) is 22.5. The minimum atomic E-state index is 0.191. The average Bonchev–Trinajstić information content (AvgIpc) is 2.92. The molecule has 16 heavy (non-hydrogen) atoms. The lowest BCUT2D eigenvalue weighted by molar-refractivity contribution is 0.370. The van der Waals surface area contributed by atoms with Crippen LogP contribution in [-0.2, 0) is 6.54 Å². The molecule has 90 valence electrons. The van der Waals surface area contributed by atoms with Crippen molar-refractivity contribution in [3.05, 3.63) is 11.9 Å². The Balaban J connectivity index is 2.15. The van der Waals surface area contributed by atoms with Gasteiger partial charge in [-0.2, -0.15) is 11.8 Å². The molecule has 2 heterocycles. The number of nitrogens with two attached hydrogens (primary N) is 1. The van der Waals surface area contributed by atoms with Crippen molar-refractivity contribution in [1.29, 1.82) is 0 Å². The average molecular weight is 241 g/mol. The van der Waals surface area contributed by atoms with Gasteiger partial charge in [0.1, 0.15) is 0 Å². The first-order chi connectivity index (χ1) is 7.86. The number of hydrogen-bond donors (Lipinski definition) is 2. The van der Waals surface area contributed by atoms with Gasteiger partial charge in [0.25, 0.3) is 0 Å². The quantitative estimate of drug-likeness (QED) is 0.593. The third kappa shape index (κ3) is 2.39. The second kappa shape index (κ2) is 5.65. The molecule has 1 saturated heterocycles. The van der Waals surface area contributed by atoms with E-state index in [0.29, 0.717) is 5.92 Å². The lowest BCUT2D eigenvalue weighted by Gasteiger charge is -2.22. The molecular weight excluding hydrogens is 222 g/mol. The van der Waals surface area contributed by atoms with E-state index in [4.69, 9.17) is 5.84 Å². The fourth-order valence-corrected chi connectivity index (χ4v) is 3.47. The summed E-state index contributed by atoms with van der Waals surface area (Å²) in [5.74, 6) is 8.69. The van der Waals surface area contributed by atoms with Crippen LogP contribution < -0.4 is 11.3 Å². The number of nitrogens with one attached hydrogen (secondary N) is 1. The fraction of sp³-hybridized carbons (Fsp3) is 0.800. The van der Waals surface area contributed by atoms with Crippen molar-refractivity contribution in [2.45, 2.75) is 32.4 Å². The molecule has 0 saturated carbocycles. The summed E-state index contributed by atoms with van der Waals surface area (Å²) in [5.41, 5.74) is 4.05. The van der Waals surface area contributed by atoms with Crippen molar-refractivity contribution in [2.24, 2.45) is 11.8 Å². The first-order valence-electron chi connectivity index (χ1n) is 5.79. The molecule has 5 nitrogen and oxygen atoms in total. The molecule has 1 aliphatic rings. The molecule has 6 heteroatoms. The first-order valence-corrected chi connectivity index (χ1v) is 6.94. The molecule has 0 amide bonds. The second-order valence-electron chi connectivity index (χ2n) is 4.15. The Morgan fingerprint density at radius 2 is 2.62 bits per heavy atom. The maximum Gasteiger partial charge on any atom is 0.0773 e. The molecule has 2 unspecified atom stereocenters. The second-order valence-corrected chi connectivity index (χ2v) is 5.30. The van der Waals surface area contributed by atoms with Crippen LogP contribution in [0.4, 0.5) is 0 Å². The number of nitrogens with zero attached hydrogens (tertiary/aromatic N) is 3. The molecule has 1 aromatic rings. The molecule has 0 radical (unpaired) electrons. The van der Waals surface area contributed by atoms with Crippen LogP contribution in [0.1, 0.15) is 31.5 Å². The number of aromatic nitrogens is 3. The van der Waals surface area contributed by atoms with Crippen molar-refractivity contribution in [2.75, 3.05) is 11.5 Å². The molecule has 1 fully saturated rings. The molecule has 3 N–H and O–H groups in total. The molecule has 0 aliphatic carbocycles. The summed E-state index contributed by atoms with van der Waals surface area (Å²) < 4.78 is 1.97. The number of hydrogen-bond acceptors (Lipinski definition) is 5. The topological polar surface area (TPSA) is 68.8 Å². The Hall–Kier alpha value is -0.590. The molecule has 1 aliphatic heterocycles. The van der Waals surface area contributed by atoms with Gasteiger partial charge in [0.2, 0.25) is 0 Å². The summed E-state index contributed by atoms with van der Waals surface area (Å²) in [7, 11) is 0. The molecule has 2 rings (SSSR count). The van der Waals surface area contributed by atoms with Crippen molar-refractivity contribution in [3.8, 4) is 0 Å². The van der Waals surface area contributed by atoms with E-state index in [0.717, 1.165) is 18.7 Å². The summed E-state index contributed by atoms with van der Waals surface area (Å²) in [6, 6.07) is 0.191. The third-order valence-corrected chi connectivity index (χ3v) is 4.21. The van der Waals surface area contributed by atoms with Gasteiger partial charge in [-0.15, -0.1) is 5.10 Å². The number of hydrazine groups is 1. The van der Waals surface area contributed by atoms with E-state index in [1.807, 2.05) is 22.6 Å². The Morgan fingerprint density at radius 1 is 1.75 bits per heavy atom. The minimum Gasteiger partial charge on any atom is -0.271 e. The highest BCUT2D eigenvalue weighted by molar-refractivity contribution is 7.99. The largest absolute Gasteiger partial charge is 0.271 e. The molecule has 0 bridgehead atoms. The van der Waals surface area contributed by atoms with Crippen molar-refractivity contribution < 1.29 is 0 Å². The maximum atomic E-state index is 5.68.